The largest absolute Gasteiger partial charge is 0.339 e. The topological polar surface area (TPSA) is 64.9 Å². The number of nitrogens with two attached hydrogens (primary N) is 1. The fourth-order valence-electron chi connectivity index (χ4n) is 2.01. The smallest absolute Gasteiger partial charge is 0.229 e. The van der Waals surface area contributed by atoms with Gasteiger partial charge in [-0.15, -0.1) is 0 Å². The van der Waals surface area contributed by atoms with Crippen molar-refractivity contribution < 1.29 is 4.52 Å². The molecule has 0 amide bonds. The van der Waals surface area contributed by atoms with Crippen LogP contribution in [-0.4, -0.2) is 10.1 Å². The zero-order valence-corrected chi connectivity index (χ0v) is 9.49. The SMILES string of the molecule is CC(C)(N)c1noc(C2CCCCC2)n1. The first kappa shape index (κ1) is 10.6. The van der Waals surface area contributed by atoms with Crippen molar-refractivity contribution in [1.29, 1.82) is 0 Å². The van der Waals surface area contributed by atoms with Crippen molar-refractivity contribution in [2.45, 2.75) is 57.4 Å². The Morgan fingerprint density at radius 1 is 1.27 bits per heavy atom. The fraction of sp³-hybridized carbons (Fsp3) is 0.818. The van der Waals surface area contributed by atoms with E-state index in [4.69, 9.17) is 10.3 Å². The van der Waals surface area contributed by atoms with Gasteiger partial charge in [0.2, 0.25) is 5.89 Å². The number of hydrogen-bond acceptors (Lipinski definition) is 4. The molecule has 4 nitrogen and oxygen atoms in total. The standard InChI is InChI=1S/C11H19N3O/c1-11(2,12)10-13-9(15-14-10)8-6-4-3-5-7-8/h8H,3-7,12H2,1-2H3. The molecule has 0 atom stereocenters. The van der Waals surface area contributed by atoms with Gasteiger partial charge in [-0.25, -0.2) is 0 Å². The molecule has 2 N–H and O–H groups in total. The second-order valence-corrected chi connectivity index (χ2v) is 5.01. The Labute approximate surface area is 90.2 Å². The van der Waals surface area contributed by atoms with Crippen LogP contribution in [0.25, 0.3) is 0 Å². The number of rotatable bonds is 2. The molecule has 1 aliphatic carbocycles. The first-order valence-corrected chi connectivity index (χ1v) is 5.70. The lowest BCUT2D eigenvalue weighted by molar-refractivity contribution is 0.308. The van der Waals surface area contributed by atoms with Crippen LogP contribution in [0.4, 0.5) is 0 Å². The average molecular weight is 209 g/mol. The van der Waals surface area contributed by atoms with Gasteiger partial charge in [0.15, 0.2) is 5.82 Å². The zero-order chi connectivity index (χ0) is 10.9. The van der Waals surface area contributed by atoms with E-state index in [1.165, 1.54) is 32.1 Å². The van der Waals surface area contributed by atoms with Crippen LogP contribution in [0.3, 0.4) is 0 Å². The molecule has 4 heteroatoms. The van der Waals surface area contributed by atoms with Crippen molar-refractivity contribution in [1.82, 2.24) is 10.1 Å². The minimum atomic E-state index is -0.504. The highest BCUT2D eigenvalue weighted by Gasteiger charge is 2.26. The molecule has 0 aliphatic heterocycles. The monoisotopic (exact) mass is 209 g/mol. The van der Waals surface area contributed by atoms with Crippen molar-refractivity contribution in [2.75, 3.05) is 0 Å². The summed E-state index contributed by atoms with van der Waals surface area (Å²) in [4.78, 5) is 4.40. The molecule has 1 aromatic rings. The Morgan fingerprint density at radius 3 is 2.47 bits per heavy atom. The van der Waals surface area contributed by atoms with Crippen LogP contribution in [0.15, 0.2) is 4.52 Å². The minimum absolute atomic E-state index is 0.461. The van der Waals surface area contributed by atoms with Gasteiger partial charge in [0.25, 0.3) is 0 Å². The third-order valence-electron chi connectivity index (χ3n) is 2.97. The maximum atomic E-state index is 5.91. The van der Waals surface area contributed by atoms with E-state index in [2.05, 4.69) is 10.1 Å². The summed E-state index contributed by atoms with van der Waals surface area (Å²) in [5, 5.41) is 3.95. The normalized spacial score (nSPS) is 19.4. The molecule has 84 valence electrons. The van der Waals surface area contributed by atoms with Crippen LogP contribution in [0, 0.1) is 0 Å². The summed E-state index contributed by atoms with van der Waals surface area (Å²) in [5.74, 6) is 1.86. The van der Waals surface area contributed by atoms with E-state index in [9.17, 15) is 0 Å². The third kappa shape index (κ3) is 2.37. The summed E-state index contributed by atoms with van der Waals surface area (Å²) in [6.07, 6.45) is 6.22. The molecule has 1 aromatic heterocycles. The molecule has 0 saturated heterocycles. The lowest BCUT2D eigenvalue weighted by atomic mass is 9.89. The Bertz CT molecular complexity index is 321. The zero-order valence-electron chi connectivity index (χ0n) is 9.49. The maximum absolute atomic E-state index is 5.91. The third-order valence-corrected chi connectivity index (χ3v) is 2.97. The van der Waals surface area contributed by atoms with Crippen LogP contribution in [-0.2, 0) is 5.54 Å². The van der Waals surface area contributed by atoms with E-state index in [0.717, 1.165) is 5.89 Å². The number of nitrogens with zero attached hydrogens (tertiary/aromatic N) is 2. The first-order valence-electron chi connectivity index (χ1n) is 5.70. The molecule has 0 spiro atoms. The molecular formula is C11H19N3O. The fourth-order valence-corrected chi connectivity index (χ4v) is 2.01. The van der Waals surface area contributed by atoms with Crippen LogP contribution >= 0.6 is 0 Å². The predicted molar refractivity (Wildman–Crippen MR) is 57.3 cm³/mol. The molecule has 1 aliphatic rings. The summed E-state index contributed by atoms with van der Waals surface area (Å²) in [7, 11) is 0. The summed E-state index contributed by atoms with van der Waals surface area (Å²) in [6.45, 7) is 3.78. The van der Waals surface area contributed by atoms with Gasteiger partial charge in [-0.05, 0) is 26.7 Å². The van der Waals surface area contributed by atoms with Crippen LogP contribution in [0.2, 0.25) is 0 Å². The van der Waals surface area contributed by atoms with Gasteiger partial charge in [0.1, 0.15) is 0 Å². The molecule has 0 bridgehead atoms. The average Bonchev–Trinajstić information content (AvgIpc) is 2.67. The van der Waals surface area contributed by atoms with Gasteiger partial charge in [-0.1, -0.05) is 24.4 Å². The second kappa shape index (κ2) is 3.93. The van der Waals surface area contributed by atoms with E-state index in [1.54, 1.807) is 0 Å². The Morgan fingerprint density at radius 2 is 1.93 bits per heavy atom. The predicted octanol–water partition coefficient (Wildman–Crippen LogP) is 2.31. The highest BCUT2D eigenvalue weighted by molar-refractivity contribution is 5.02. The summed E-state index contributed by atoms with van der Waals surface area (Å²) in [5.41, 5.74) is 5.41. The van der Waals surface area contributed by atoms with Crippen LogP contribution in [0.5, 0.6) is 0 Å². The lowest BCUT2D eigenvalue weighted by Gasteiger charge is -2.17. The molecule has 2 rings (SSSR count). The van der Waals surface area contributed by atoms with E-state index >= 15 is 0 Å². The number of aromatic nitrogens is 2. The summed E-state index contributed by atoms with van der Waals surface area (Å²) in [6, 6.07) is 0. The Kier molecular flexibility index (Phi) is 2.78. The van der Waals surface area contributed by atoms with Gasteiger partial charge >= 0.3 is 0 Å². The van der Waals surface area contributed by atoms with E-state index in [-0.39, 0.29) is 0 Å². The van der Waals surface area contributed by atoms with Crippen LogP contribution in [0.1, 0.15) is 63.6 Å². The molecule has 0 aromatic carbocycles. The molecule has 1 saturated carbocycles. The number of hydrogen-bond donors (Lipinski definition) is 1. The highest BCUT2D eigenvalue weighted by Crippen LogP contribution is 2.32. The van der Waals surface area contributed by atoms with Crippen molar-refractivity contribution in [3.8, 4) is 0 Å². The van der Waals surface area contributed by atoms with Gasteiger partial charge in [-0.3, -0.25) is 0 Å². The van der Waals surface area contributed by atoms with E-state index in [0.29, 0.717) is 11.7 Å². The molecule has 1 fully saturated rings. The molecule has 0 radical (unpaired) electrons. The van der Waals surface area contributed by atoms with Gasteiger partial charge in [0.05, 0.1) is 5.54 Å². The Balaban J connectivity index is 2.12. The molecular weight excluding hydrogens is 190 g/mol. The van der Waals surface area contributed by atoms with Crippen molar-refractivity contribution in [2.24, 2.45) is 5.73 Å². The van der Waals surface area contributed by atoms with Gasteiger partial charge < -0.3 is 10.3 Å². The van der Waals surface area contributed by atoms with Crippen molar-refractivity contribution in [3.63, 3.8) is 0 Å². The van der Waals surface area contributed by atoms with Crippen molar-refractivity contribution in [3.05, 3.63) is 11.7 Å². The quantitative estimate of drug-likeness (QED) is 0.811. The summed E-state index contributed by atoms with van der Waals surface area (Å²) < 4.78 is 5.29. The van der Waals surface area contributed by atoms with Crippen LogP contribution < -0.4 is 5.73 Å². The van der Waals surface area contributed by atoms with Crippen molar-refractivity contribution >= 4 is 0 Å². The molecule has 1 heterocycles. The molecule has 15 heavy (non-hydrogen) atoms. The van der Waals surface area contributed by atoms with Gasteiger partial charge in [-0.2, -0.15) is 4.98 Å². The summed E-state index contributed by atoms with van der Waals surface area (Å²) >= 11 is 0. The maximum Gasteiger partial charge on any atom is 0.229 e. The lowest BCUT2D eigenvalue weighted by Crippen LogP contribution is -2.30. The minimum Gasteiger partial charge on any atom is -0.339 e. The van der Waals surface area contributed by atoms with E-state index in [1.807, 2.05) is 13.8 Å². The van der Waals surface area contributed by atoms with E-state index < -0.39 is 5.54 Å². The van der Waals surface area contributed by atoms with Gasteiger partial charge in [0, 0.05) is 5.92 Å². The highest BCUT2D eigenvalue weighted by atomic mass is 16.5. The Hall–Kier alpha value is -0.900. The second-order valence-electron chi connectivity index (χ2n) is 5.01. The molecule has 0 unspecified atom stereocenters. The first-order chi connectivity index (χ1) is 7.07.